The van der Waals surface area contributed by atoms with Gasteiger partial charge in [0.15, 0.2) is 0 Å². The summed E-state index contributed by atoms with van der Waals surface area (Å²) in [5.41, 5.74) is 1.66. The van der Waals surface area contributed by atoms with Crippen LogP contribution < -0.4 is 5.69 Å². The number of aliphatic carboxylic acids is 1. The molecule has 1 heterocycles. The second kappa shape index (κ2) is 5.99. The summed E-state index contributed by atoms with van der Waals surface area (Å²) in [5, 5.41) is 8.92. The van der Waals surface area contributed by atoms with Crippen molar-refractivity contribution < 1.29 is 9.90 Å². The maximum Gasteiger partial charge on any atom is 0.332 e. The van der Waals surface area contributed by atoms with Crippen LogP contribution in [0.15, 0.2) is 41.5 Å². The molecule has 1 unspecified atom stereocenters. The van der Waals surface area contributed by atoms with Crippen LogP contribution in [-0.2, 0) is 11.2 Å². The summed E-state index contributed by atoms with van der Waals surface area (Å²) in [6, 6.07) is 7.54. The summed E-state index contributed by atoms with van der Waals surface area (Å²) in [7, 11) is 0. The maximum absolute atomic E-state index is 12.2. The Kier molecular flexibility index (Phi) is 4.31. The quantitative estimate of drug-likeness (QED) is 0.919. The van der Waals surface area contributed by atoms with E-state index in [1.165, 1.54) is 0 Å². The van der Waals surface area contributed by atoms with Crippen molar-refractivity contribution in [1.29, 1.82) is 0 Å². The molecule has 1 N–H and O–H groups in total. The van der Waals surface area contributed by atoms with Crippen molar-refractivity contribution >= 4 is 5.97 Å². The zero-order chi connectivity index (χ0) is 15.6. The van der Waals surface area contributed by atoms with Gasteiger partial charge in [-0.3, -0.25) is 13.9 Å². The van der Waals surface area contributed by atoms with Crippen LogP contribution in [0, 0.1) is 5.92 Å². The van der Waals surface area contributed by atoms with Gasteiger partial charge in [0.25, 0.3) is 0 Å². The molecule has 0 aliphatic heterocycles. The van der Waals surface area contributed by atoms with E-state index in [1.807, 2.05) is 38.1 Å². The maximum atomic E-state index is 12.2. The van der Waals surface area contributed by atoms with E-state index < -0.39 is 11.9 Å². The fourth-order valence-electron chi connectivity index (χ4n) is 2.21. The van der Waals surface area contributed by atoms with Crippen molar-refractivity contribution in [3.8, 4) is 5.69 Å². The van der Waals surface area contributed by atoms with Crippen LogP contribution in [0.2, 0.25) is 0 Å². The number of imidazole rings is 1. The smallest absolute Gasteiger partial charge is 0.332 e. The Morgan fingerprint density at radius 2 is 1.76 bits per heavy atom. The molecule has 5 nitrogen and oxygen atoms in total. The van der Waals surface area contributed by atoms with Crippen LogP contribution in [-0.4, -0.2) is 20.2 Å². The number of nitrogens with zero attached hydrogens (tertiary/aromatic N) is 2. The second-order valence-corrected chi connectivity index (χ2v) is 5.56. The summed E-state index contributed by atoms with van der Waals surface area (Å²) in [4.78, 5) is 23.1. The minimum absolute atomic E-state index is 0.0725. The summed E-state index contributed by atoms with van der Waals surface area (Å²) in [6.07, 6.45) is 4.00. The summed E-state index contributed by atoms with van der Waals surface area (Å²) < 4.78 is 3.25. The first-order valence-corrected chi connectivity index (χ1v) is 7.01. The van der Waals surface area contributed by atoms with E-state index in [0.29, 0.717) is 6.42 Å². The van der Waals surface area contributed by atoms with E-state index in [0.717, 1.165) is 11.3 Å². The number of benzene rings is 1. The van der Waals surface area contributed by atoms with Crippen LogP contribution in [0.5, 0.6) is 0 Å². The predicted octanol–water partition coefficient (Wildman–Crippen LogP) is 2.48. The number of hydrogen-bond acceptors (Lipinski definition) is 2. The average Bonchev–Trinajstić information content (AvgIpc) is 2.81. The highest BCUT2D eigenvalue weighted by molar-refractivity contribution is 5.69. The molecule has 5 heteroatoms. The van der Waals surface area contributed by atoms with Crippen molar-refractivity contribution in [2.45, 2.75) is 33.2 Å². The van der Waals surface area contributed by atoms with Gasteiger partial charge in [-0.05, 0) is 38.0 Å². The molecule has 0 aliphatic rings. The van der Waals surface area contributed by atoms with E-state index in [2.05, 4.69) is 0 Å². The fourth-order valence-corrected chi connectivity index (χ4v) is 2.21. The van der Waals surface area contributed by atoms with Gasteiger partial charge in [0, 0.05) is 18.4 Å². The Balaban J connectivity index is 2.23. The first-order chi connectivity index (χ1) is 9.90. The molecule has 0 amide bonds. The van der Waals surface area contributed by atoms with Crippen molar-refractivity contribution in [2.24, 2.45) is 5.92 Å². The molecule has 0 radical (unpaired) electrons. The van der Waals surface area contributed by atoms with Crippen LogP contribution >= 0.6 is 0 Å². The Hall–Kier alpha value is -2.30. The summed E-state index contributed by atoms with van der Waals surface area (Å²) in [6.45, 7) is 5.60. The highest BCUT2D eigenvalue weighted by Crippen LogP contribution is 2.13. The van der Waals surface area contributed by atoms with Crippen LogP contribution in [0.1, 0.15) is 32.4 Å². The summed E-state index contributed by atoms with van der Waals surface area (Å²) >= 11 is 0. The third kappa shape index (κ3) is 3.24. The lowest BCUT2D eigenvalue weighted by molar-refractivity contribution is -0.141. The lowest BCUT2D eigenvalue weighted by Gasteiger charge is -2.08. The first-order valence-electron chi connectivity index (χ1n) is 7.01. The highest BCUT2D eigenvalue weighted by Gasteiger charge is 2.12. The standard InChI is InChI=1S/C16H20N2O3/c1-11(2)17-8-9-18(16(17)21)14-6-4-13(5-7-14)10-12(3)15(19)20/h4-9,11-12H,10H2,1-3H3,(H,19,20). The van der Waals surface area contributed by atoms with Gasteiger partial charge in [-0.2, -0.15) is 0 Å². The average molecular weight is 288 g/mol. The molecule has 1 aromatic heterocycles. The Labute approximate surface area is 123 Å². The number of hydrogen-bond donors (Lipinski definition) is 1. The SMILES string of the molecule is CC(Cc1ccc(-n2ccn(C(C)C)c2=O)cc1)C(=O)O. The molecular formula is C16H20N2O3. The fraction of sp³-hybridized carbons (Fsp3) is 0.375. The molecule has 112 valence electrons. The largest absolute Gasteiger partial charge is 0.481 e. The van der Waals surface area contributed by atoms with Crippen LogP contribution in [0.25, 0.3) is 5.69 Å². The Bertz CT molecular complexity index is 680. The molecule has 0 fully saturated rings. The summed E-state index contributed by atoms with van der Waals surface area (Å²) in [5.74, 6) is -1.22. The zero-order valence-corrected chi connectivity index (χ0v) is 12.5. The lowest BCUT2D eigenvalue weighted by atomic mass is 10.0. The van der Waals surface area contributed by atoms with E-state index >= 15 is 0 Å². The Morgan fingerprint density at radius 1 is 1.14 bits per heavy atom. The van der Waals surface area contributed by atoms with E-state index in [1.54, 1.807) is 28.5 Å². The van der Waals surface area contributed by atoms with Crippen molar-refractivity contribution in [3.63, 3.8) is 0 Å². The number of carboxylic acid groups (broad SMARTS) is 1. The molecule has 2 aromatic rings. The molecule has 0 aliphatic carbocycles. The van der Waals surface area contributed by atoms with Crippen molar-refractivity contribution in [3.05, 3.63) is 52.7 Å². The molecule has 0 saturated carbocycles. The van der Waals surface area contributed by atoms with Gasteiger partial charge in [-0.15, -0.1) is 0 Å². The third-order valence-corrected chi connectivity index (χ3v) is 3.54. The van der Waals surface area contributed by atoms with Crippen molar-refractivity contribution in [2.75, 3.05) is 0 Å². The first kappa shape index (κ1) is 15.1. The second-order valence-electron chi connectivity index (χ2n) is 5.56. The number of aromatic nitrogens is 2. The third-order valence-electron chi connectivity index (χ3n) is 3.54. The van der Waals surface area contributed by atoms with Gasteiger partial charge < -0.3 is 5.11 Å². The van der Waals surface area contributed by atoms with E-state index in [-0.39, 0.29) is 11.7 Å². The van der Waals surface area contributed by atoms with Gasteiger partial charge in [0.05, 0.1) is 11.6 Å². The highest BCUT2D eigenvalue weighted by atomic mass is 16.4. The predicted molar refractivity (Wildman–Crippen MR) is 80.9 cm³/mol. The normalized spacial score (nSPS) is 12.6. The molecular weight excluding hydrogens is 268 g/mol. The van der Waals surface area contributed by atoms with Gasteiger partial charge in [0.2, 0.25) is 0 Å². The van der Waals surface area contributed by atoms with Gasteiger partial charge in [0.1, 0.15) is 0 Å². The lowest BCUT2D eigenvalue weighted by Crippen LogP contribution is -2.24. The van der Waals surface area contributed by atoms with Crippen LogP contribution in [0.4, 0.5) is 0 Å². The number of rotatable bonds is 5. The molecule has 21 heavy (non-hydrogen) atoms. The molecule has 1 atom stereocenters. The topological polar surface area (TPSA) is 64.2 Å². The number of carboxylic acids is 1. The minimum atomic E-state index is -0.802. The Morgan fingerprint density at radius 3 is 2.24 bits per heavy atom. The number of carbonyl (C=O) groups is 1. The van der Waals surface area contributed by atoms with E-state index in [4.69, 9.17) is 5.11 Å². The minimum Gasteiger partial charge on any atom is -0.481 e. The van der Waals surface area contributed by atoms with Gasteiger partial charge in [-0.1, -0.05) is 19.1 Å². The van der Waals surface area contributed by atoms with Crippen molar-refractivity contribution in [1.82, 2.24) is 9.13 Å². The zero-order valence-electron chi connectivity index (χ0n) is 12.5. The van der Waals surface area contributed by atoms with Gasteiger partial charge >= 0.3 is 11.7 Å². The molecule has 0 saturated heterocycles. The molecule has 2 rings (SSSR count). The van der Waals surface area contributed by atoms with Gasteiger partial charge in [-0.25, -0.2) is 4.79 Å². The monoisotopic (exact) mass is 288 g/mol. The molecule has 0 bridgehead atoms. The molecule has 0 spiro atoms. The van der Waals surface area contributed by atoms with E-state index in [9.17, 15) is 9.59 Å². The molecule has 1 aromatic carbocycles. The van der Waals surface area contributed by atoms with Crippen LogP contribution in [0.3, 0.4) is 0 Å².